The Bertz CT molecular complexity index is 1030. The summed E-state index contributed by atoms with van der Waals surface area (Å²) in [6.45, 7) is 3.67. The molecule has 0 N–H and O–H groups in total. The van der Waals surface area contributed by atoms with Gasteiger partial charge in [0, 0.05) is 43.9 Å². The third-order valence-corrected chi connectivity index (χ3v) is 5.26. The number of carbonyl (C=O) groups excluding carboxylic acids is 1. The van der Waals surface area contributed by atoms with E-state index in [1.807, 2.05) is 18.2 Å². The van der Waals surface area contributed by atoms with Gasteiger partial charge in [0.25, 0.3) is 5.91 Å². The van der Waals surface area contributed by atoms with Gasteiger partial charge in [0.2, 0.25) is 5.82 Å². The van der Waals surface area contributed by atoms with E-state index in [-0.39, 0.29) is 11.7 Å². The van der Waals surface area contributed by atoms with Gasteiger partial charge in [-0.3, -0.25) is 9.69 Å². The predicted octanol–water partition coefficient (Wildman–Crippen LogP) is 3.76. The summed E-state index contributed by atoms with van der Waals surface area (Å²) in [4.78, 5) is 20.4. The average molecular weight is 430 g/mol. The molecule has 1 amide bonds. The van der Waals surface area contributed by atoms with Crippen LogP contribution in [0.3, 0.4) is 0 Å². The van der Waals surface area contributed by atoms with Crippen LogP contribution in [0.4, 0.5) is 13.2 Å². The zero-order valence-electron chi connectivity index (χ0n) is 16.7. The second kappa shape index (κ2) is 8.89. The Balaban J connectivity index is 1.36. The van der Waals surface area contributed by atoms with E-state index >= 15 is 0 Å². The summed E-state index contributed by atoms with van der Waals surface area (Å²) < 4.78 is 42.3. The molecule has 162 valence electrons. The molecular formula is C22H21F3N4O2. The maximum Gasteiger partial charge on any atom is 0.471 e. The van der Waals surface area contributed by atoms with Gasteiger partial charge in [-0.1, -0.05) is 47.6 Å². The second-order valence-electron chi connectivity index (χ2n) is 7.37. The lowest BCUT2D eigenvalue weighted by molar-refractivity contribution is -0.159. The number of halogens is 3. The van der Waals surface area contributed by atoms with E-state index < -0.39 is 12.1 Å². The monoisotopic (exact) mass is 430 g/mol. The molecule has 2 heterocycles. The van der Waals surface area contributed by atoms with E-state index in [2.05, 4.69) is 31.7 Å². The summed E-state index contributed by atoms with van der Waals surface area (Å²) in [6, 6.07) is 16.5. The van der Waals surface area contributed by atoms with E-state index in [1.165, 1.54) is 11.6 Å². The molecule has 0 saturated carbocycles. The lowest BCUT2D eigenvalue weighted by Gasteiger charge is -2.34. The summed E-state index contributed by atoms with van der Waals surface area (Å²) in [5.74, 6) is -1.78. The standard InChI is InChI=1S/C22H21F3N4O2/c23-22(24,25)21-26-19(27-31-21)17-7-4-8-18(15-17)20(30)29-13-11-28(12-14-29)10-9-16-5-2-1-3-6-16/h1-8,15H,9-14H2. The minimum Gasteiger partial charge on any atom is -0.336 e. The third-order valence-electron chi connectivity index (χ3n) is 5.26. The van der Waals surface area contributed by atoms with Gasteiger partial charge in [-0.25, -0.2) is 0 Å². The smallest absolute Gasteiger partial charge is 0.336 e. The number of piperazine rings is 1. The molecule has 0 bridgehead atoms. The molecule has 0 radical (unpaired) electrons. The topological polar surface area (TPSA) is 62.5 Å². The molecule has 1 aromatic heterocycles. The number of alkyl halides is 3. The Morgan fingerprint density at radius 2 is 1.74 bits per heavy atom. The Kier molecular flexibility index (Phi) is 6.03. The number of amides is 1. The van der Waals surface area contributed by atoms with E-state index in [0.29, 0.717) is 24.2 Å². The largest absolute Gasteiger partial charge is 0.471 e. The highest BCUT2D eigenvalue weighted by Crippen LogP contribution is 2.29. The molecule has 2 aromatic carbocycles. The van der Waals surface area contributed by atoms with Gasteiger partial charge in [0.05, 0.1) is 0 Å². The number of aromatic nitrogens is 2. The fourth-order valence-electron chi connectivity index (χ4n) is 3.54. The summed E-state index contributed by atoms with van der Waals surface area (Å²) in [6.07, 6.45) is -3.75. The van der Waals surface area contributed by atoms with Gasteiger partial charge in [-0.05, 0) is 24.1 Å². The Morgan fingerprint density at radius 3 is 2.42 bits per heavy atom. The maximum atomic E-state index is 12.9. The zero-order chi connectivity index (χ0) is 21.8. The highest BCUT2D eigenvalue weighted by molar-refractivity contribution is 5.95. The van der Waals surface area contributed by atoms with E-state index in [9.17, 15) is 18.0 Å². The molecule has 1 fully saturated rings. The van der Waals surface area contributed by atoms with Crippen molar-refractivity contribution in [3.8, 4) is 11.4 Å². The summed E-state index contributed by atoms with van der Waals surface area (Å²) in [5, 5.41) is 3.38. The highest BCUT2D eigenvalue weighted by Gasteiger charge is 2.38. The SMILES string of the molecule is O=C(c1cccc(-c2noc(C(F)(F)F)n2)c1)N1CCN(CCc2ccccc2)CC1. The molecule has 0 aliphatic carbocycles. The van der Waals surface area contributed by atoms with Gasteiger partial charge in [0.1, 0.15) is 0 Å². The first-order valence-corrected chi connectivity index (χ1v) is 9.97. The van der Waals surface area contributed by atoms with Crippen LogP contribution in [0.2, 0.25) is 0 Å². The zero-order valence-corrected chi connectivity index (χ0v) is 16.7. The van der Waals surface area contributed by atoms with Crippen LogP contribution in [-0.4, -0.2) is 58.6 Å². The van der Waals surface area contributed by atoms with Crippen LogP contribution < -0.4 is 0 Å². The van der Waals surface area contributed by atoms with Crippen molar-refractivity contribution in [2.45, 2.75) is 12.6 Å². The number of hydrogen-bond acceptors (Lipinski definition) is 5. The molecule has 1 saturated heterocycles. The van der Waals surface area contributed by atoms with Crippen molar-refractivity contribution in [1.82, 2.24) is 19.9 Å². The van der Waals surface area contributed by atoms with Crippen molar-refractivity contribution in [2.24, 2.45) is 0 Å². The highest BCUT2D eigenvalue weighted by atomic mass is 19.4. The Labute approximate surface area is 177 Å². The molecule has 9 heteroatoms. The molecule has 6 nitrogen and oxygen atoms in total. The quantitative estimate of drug-likeness (QED) is 0.617. The van der Waals surface area contributed by atoms with Crippen molar-refractivity contribution in [3.63, 3.8) is 0 Å². The first-order valence-electron chi connectivity index (χ1n) is 9.97. The predicted molar refractivity (Wildman–Crippen MR) is 107 cm³/mol. The van der Waals surface area contributed by atoms with Gasteiger partial charge in [-0.2, -0.15) is 18.2 Å². The van der Waals surface area contributed by atoms with Crippen molar-refractivity contribution in [1.29, 1.82) is 0 Å². The van der Waals surface area contributed by atoms with E-state index in [1.54, 1.807) is 23.1 Å². The van der Waals surface area contributed by atoms with E-state index in [4.69, 9.17) is 0 Å². The van der Waals surface area contributed by atoms with Crippen molar-refractivity contribution in [3.05, 3.63) is 71.6 Å². The fraction of sp³-hybridized carbons (Fsp3) is 0.318. The summed E-state index contributed by atoms with van der Waals surface area (Å²) >= 11 is 0. The van der Waals surface area contributed by atoms with Crippen LogP contribution >= 0.6 is 0 Å². The first-order chi connectivity index (χ1) is 14.9. The fourth-order valence-corrected chi connectivity index (χ4v) is 3.54. The van der Waals surface area contributed by atoms with Crippen LogP contribution in [0.25, 0.3) is 11.4 Å². The summed E-state index contributed by atoms with van der Waals surface area (Å²) in [5.41, 5.74) is 1.97. The van der Waals surface area contributed by atoms with Crippen LogP contribution in [0.1, 0.15) is 21.8 Å². The molecular weight excluding hydrogens is 409 g/mol. The Hall–Kier alpha value is -3.20. The first kappa shape index (κ1) is 21.0. The molecule has 4 rings (SSSR count). The van der Waals surface area contributed by atoms with Gasteiger partial charge < -0.3 is 9.42 Å². The number of rotatable bonds is 5. The number of hydrogen-bond donors (Lipinski definition) is 0. The molecule has 0 atom stereocenters. The second-order valence-corrected chi connectivity index (χ2v) is 7.37. The number of nitrogens with zero attached hydrogens (tertiary/aromatic N) is 4. The van der Waals surface area contributed by atoms with Crippen molar-refractivity contribution < 1.29 is 22.5 Å². The van der Waals surface area contributed by atoms with E-state index in [0.717, 1.165) is 26.1 Å². The molecule has 0 spiro atoms. The van der Waals surface area contributed by atoms with Crippen molar-refractivity contribution >= 4 is 5.91 Å². The average Bonchev–Trinajstić information content (AvgIpc) is 3.30. The minimum atomic E-state index is -4.71. The number of benzene rings is 2. The van der Waals surface area contributed by atoms with Gasteiger partial charge in [-0.15, -0.1) is 0 Å². The van der Waals surface area contributed by atoms with Crippen molar-refractivity contribution in [2.75, 3.05) is 32.7 Å². The van der Waals surface area contributed by atoms with Crippen LogP contribution in [0.15, 0.2) is 59.1 Å². The lowest BCUT2D eigenvalue weighted by atomic mass is 10.1. The van der Waals surface area contributed by atoms with Crippen LogP contribution in [0.5, 0.6) is 0 Å². The summed E-state index contributed by atoms with van der Waals surface area (Å²) in [7, 11) is 0. The minimum absolute atomic E-state index is 0.163. The normalized spacial score (nSPS) is 15.3. The molecule has 3 aromatic rings. The molecule has 31 heavy (non-hydrogen) atoms. The number of carbonyl (C=O) groups is 1. The lowest BCUT2D eigenvalue weighted by Crippen LogP contribution is -2.49. The van der Waals surface area contributed by atoms with Crippen LogP contribution in [-0.2, 0) is 12.6 Å². The van der Waals surface area contributed by atoms with Gasteiger partial charge >= 0.3 is 12.1 Å². The van der Waals surface area contributed by atoms with Gasteiger partial charge in [0.15, 0.2) is 0 Å². The molecule has 1 aliphatic rings. The maximum absolute atomic E-state index is 12.9. The van der Waals surface area contributed by atoms with Crippen LogP contribution in [0, 0.1) is 0 Å². The molecule has 0 unspecified atom stereocenters. The third kappa shape index (κ3) is 5.11. The molecule has 1 aliphatic heterocycles. The Morgan fingerprint density at radius 1 is 1.00 bits per heavy atom.